The zero-order valence-corrected chi connectivity index (χ0v) is 17.8. The van der Waals surface area contributed by atoms with E-state index >= 15 is 0 Å². The Kier molecular flexibility index (Phi) is 5.13. The van der Waals surface area contributed by atoms with Gasteiger partial charge in [0.15, 0.2) is 11.6 Å². The van der Waals surface area contributed by atoms with Crippen molar-refractivity contribution in [2.75, 3.05) is 26.2 Å². The van der Waals surface area contributed by atoms with Gasteiger partial charge in [-0.05, 0) is 74.2 Å². The van der Waals surface area contributed by atoms with Crippen LogP contribution in [0, 0.1) is 5.41 Å². The number of carbonyl (C=O) groups is 2. The lowest BCUT2D eigenvalue weighted by Gasteiger charge is -2.38. The smallest absolute Gasteiger partial charge is 0.233 e. The van der Waals surface area contributed by atoms with Crippen molar-refractivity contribution in [1.29, 1.82) is 0 Å². The molecule has 0 N–H and O–H groups in total. The molecule has 0 bridgehead atoms. The first kappa shape index (κ1) is 20.0. The third-order valence-corrected chi connectivity index (χ3v) is 7.20. The molecule has 9 nitrogen and oxygen atoms in total. The number of ketones is 1. The number of piperidine rings is 1. The van der Waals surface area contributed by atoms with Crippen molar-refractivity contribution in [1.82, 2.24) is 35.0 Å². The number of allylic oxidation sites excluding steroid dienone is 2. The largest absolute Gasteiger partial charge is 0.315 e. The Labute approximate surface area is 181 Å². The molecule has 1 aliphatic carbocycles. The molecule has 1 amide bonds. The van der Waals surface area contributed by atoms with Crippen LogP contribution < -0.4 is 0 Å². The third kappa shape index (κ3) is 3.67. The maximum Gasteiger partial charge on any atom is 0.233 e. The summed E-state index contributed by atoms with van der Waals surface area (Å²) in [4.78, 5) is 34.0. The van der Waals surface area contributed by atoms with E-state index in [1.807, 2.05) is 24.1 Å². The van der Waals surface area contributed by atoms with Crippen LogP contribution in [-0.4, -0.2) is 72.9 Å². The van der Waals surface area contributed by atoms with Gasteiger partial charge in [0.25, 0.3) is 0 Å². The zero-order valence-electron chi connectivity index (χ0n) is 17.8. The fourth-order valence-electron chi connectivity index (χ4n) is 5.11. The van der Waals surface area contributed by atoms with Crippen molar-refractivity contribution in [2.45, 2.75) is 45.4 Å². The van der Waals surface area contributed by atoms with Gasteiger partial charge in [0.05, 0.1) is 5.41 Å². The molecule has 2 aromatic rings. The van der Waals surface area contributed by atoms with Gasteiger partial charge in [-0.15, -0.1) is 5.10 Å². The highest BCUT2D eigenvalue weighted by Crippen LogP contribution is 2.44. The molecular weight excluding hydrogens is 394 g/mol. The second kappa shape index (κ2) is 7.96. The predicted molar refractivity (Wildman–Crippen MR) is 112 cm³/mol. The summed E-state index contributed by atoms with van der Waals surface area (Å²) in [5, 5.41) is 11.1. The van der Waals surface area contributed by atoms with Crippen LogP contribution in [0.1, 0.15) is 44.6 Å². The van der Waals surface area contributed by atoms with Crippen molar-refractivity contribution >= 4 is 11.7 Å². The standard InChI is InChI=1S/C22H27N7O2/c1-16-18(3-4-19(16)30)28-13-9-22(21(28)31)7-11-27(12-8-22)10-6-17-2-5-20(23-14-17)29-15-24-25-26-29/h2,5,14-15H,3-4,6-13H2,1H3. The van der Waals surface area contributed by atoms with Gasteiger partial charge in [-0.3, -0.25) is 9.59 Å². The minimum absolute atomic E-state index is 0.194. The van der Waals surface area contributed by atoms with Crippen LogP contribution in [0.2, 0.25) is 0 Å². The molecule has 0 unspecified atom stereocenters. The van der Waals surface area contributed by atoms with E-state index in [1.54, 1.807) is 0 Å². The number of nitrogens with zero attached hydrogens (tertiary/aromatic N) is 7. The van der Waals surface area contributed by atoms with E-state index in [4.69, 9.17) is 0 Å². The Morgan fingerprint density at radius 2 is 1.87 bits per heavy atom. The lowest BCUT2D eigenvalue weighted by molar-refractivity contribution is -0.136. The van der Waals surface area contributed by atoms with E-state index in [0.717, 1.165) is 69.6 Å². The van der Waals surface area contributed by atoms with Crippen LogP contribution >= 0.6 is 0 Å². The SMILES string of the molecule is CC1=C(N2CCC3(CCN(CCc4ccc(-n5cnnn5)nc4)CC3)C2=O)CCC1=O. The van der Waals surface area contributed by atoms with Crippen molar-refractivity contribution in [3.63, 3.8) is 0 Å². The fraction of sp³-hybridized carbons (Fsp3) is 0.545. The summed E-state index contributed by atoms with van der Waals surface area (Å²) in [6, 6.07) is 3.99. The number of pyridine rings is 1. The highest BCUT2D eigenvalue weighted by Gasteiger charge is 2.49. The molecule has 5 rings (SSSR count). The number of likely N-dealkylation sites (tertiary alicyclic amines) is 2. The molecule has 0 aromatic carbocycles. The van der Waals surface area contributed by atoms with Gasteiger partial charge in [0.1, 0.15) is 6.33 Å². The summed E-state index contributed by atoms with van der Waals surface area (Å²) in [5.41, 5.74) is 2.72. The van der Waals surface area contributed by atoms with E-state index in [0.29, 0.717) is 12.2 Å². The topological polar surface area (TPSA) is 97.1 Å². The molecule has 31 heavy (non-hydrogen) atoms. The molecule has 0 radical (unpaired) electrons. The van der Waals surface area contributed by atoms with Gasteiger partial charge in [-0.1, -0.05) is 6.07 Å². The molecule has 2 aromatic heterocycles. The Balaban J connectivity index is 1.15. The van der Waals surface area contributed by atoms with Crippen molar-refractivity contribution in [3.8, 4) is 5.82 Å². The van der Waals surface area contributed by atoms with Crippen molar-refractivity contribution < 1.29 is 9.59 Å². The average Bonchev–Trinajstić information content (AvgIpc) is 3.51. The molecule has 4 heterocycles. The first-order valence-corrected chi connectivity index (χ1v) is 11.0. The number of amides is 1. The summed E-state index contributed by atoms with van der Waals surface area (Å²) >= 11 is 0. The van der Waals surface area contributed by atoms with Crippen LogP contribution in [0.4, 0.5) is 0 Å². The number of rotatable bonds is 5. The predicted octanol–water partition coefficient (Wildman–Crippen LogP) is 1.55. The van der Waals surface area contributed by atoms with E-state index in [2.05, 4.69) is 31.5 Å². The average molecular weight is 422 g/mol. The van der Waals surface area contributed by atoms with E-state index in [-0.39, 0.29) is 17.1 Å². The first-order chi connectivity index (χ1) is 15.1. The molecule has 1 spiro atoms. The summed E-state index contributed by atoms with van der Waals surface area (Å²) in [6.45, 7) is 5.46. The monoisotopic (exact) mass is 421 g/mol. The normalized spacial score (nSPS) is 21.6. The first-order valence-electron chi connectivity index (χ1n) is 11.0. The van der Waals surface area contributed by atoms with Gasteiger partial charge in [0.2, 0.25) is 5.91 Å². The van der Waals surface area contributed by atoms with Gasteiger partial charge < -0.3 is 9.80 Å². The molecular formula is C22H27N7O2. The number of hydrogen-bond donors (Lipinski definition) is 0. The molecule has 0 saturated carbocycles. The van der Waals surface area contributed by atoms with Gasteiger partial charge in [-0.25, -0.2) is 4.98 Å². The lowest BCUT2D eigenvalue weighted by Crippen LogP contribution is -2.45. The Hall–Kier alpha value is -2.94. The molecule has 2 aliphatic heterocycles. The summed E-state index contributed by atoms with van der Waals surface area (Å²) in [7, 11) is 0. The van der Waals surface area contributed by atoms with Crippen LogP contribution in [0.25, 0.3) is 5.82 Å². The highest BCUT2D eigenvalue weighted by atomic mass is 16.2. The van der Waals surface area contributed by atoms with E-state index in [1.165, 1.54) is 16.6 Å². The number of aromatic nitrogens is 5. The third-order valence-electron chi connectivity index (χ3n) is 7.20. The van der Waals surface area contributed by atoms with Gasteiger partial charge >= 0.3 is 0 Å². The molecule has 0 atom stereocenters. The van der Waals surface area contributed by atoms with Crippen molar-refractivity contribution in [2.24, 2.45) is 5.41 Å². The van der Waals surface area contributed by atoms with E-state index < -0.39 is 0 Å². The maximum atomic E-state index is 13.3. The number of tetrazole rings is 1. The van der Waals surface area contributed by atoms with Crippen LogP contribution in [0.3, 0.4) is 0 Å². The van der Waals surface area contributed by atoms with E-state index in [9.17, 15) is 9.59 Å². The van der Waals surface area contributed by atoms with Crippen molar-refractivity contribution in [3.05, 3.63) is 41.5 Å². The second-order valence-electron chi connectivity index (χ2n) is 8.85. The summed E-state index contributed by atoms with van der Waals surface area (Å²) in [6.07, 6.45) is 8.31. The number of Topliss-reactive ketones (excluding diaryl/α,β-unsaturated/α-hetero) is 1. The number of hydrogen-bond acceptors (Lipinski definition) is 7. The van der Waals surface area contributed by atoms with Crippen LogP contribution in [-0.2, 0) is 16.0 Å². The molecule has 162 valence electrons. The summed E-state index contributed by atoms with van der Waals surface area (Å²) < 4.78 is 1.54. The van der Waals surface area contributed by atoms with Gasteiger partial charge in [0, 0.05) is 37.0 Å². The fourth-order valence-corrected chi connectivity index (χ4v) is 5.11. The molecule has 9 heteroatoms. The maximum absolute atomic E-state index is 13.3. The number of carbonyl (C=O) groups excluding carboxylic acids is 2. The molecule has 2 fully saturated rings. The molecule has 3 aliphatic rings. The highest BCUT2D eigenvalue weighted by molar-refractivity contribution is 5.99. The van der Waals surface area contributed by atoms with Crippen LogP contribution in [0.15, 0.2) is 35.9 Å². The van der Waals surface area contributed by atoms with Gasteiger partial charge in [-0.2, -0.15) is 4.68 Å². The Bertz CT molecular complexity index is 1000. The van der Waals surface area contributed by atoms with Crippen LogP contribution in [0.5, 0.6) is 0 Å². The zero-order chi connectivity index (χ0) is 21.4. The molecule has 2 saturated heterocycles. The second-order valence-corrected chi connectivity index (χ2v) is 8.85. The lowest BCUT2D eigenvalue weighted by atomic mass is 9.77. The quantitative estimate of drug-likeness (QED) is 0.722. The summed E-state index contributed by atoms with van der Waals surface area (Å²) in [5.74, 6) is 1.14. The Morgan fingerprint density at radius 1 is 1.06 bits per heavy atom. The Morgan fingerprint density at radius 3 is 2.52 bits per heavy atom. The minimum Gasteiger partial charge on any atom is -0.315 e. The minimum atomic E-state index is -0.232.